The topological polar surface area (TPSA) is 105 Å². The molecule has 0 saturated carbocycles. The predicted octanol–water partition coefficient (Wildman–Crippen LogP) is 1.86. The minimum absolute atomic E-state index is 0.0298. The maximum atomic E-state index is 12.4. The molecule has 4 heterocycles. The number of furan rings is 1. The van der Waals surface area contributed by atoms with E-state index in [1.165, 1.54) is 6.26 Å². The molecule has 0 aliphatic carbocycles. The van der Waals surface area contributed by atoms with E-state index in [0.717, 1.165) is 18.0 Å². The van der Waals surface area contributed by atoms with Gasteiger partial charge in [-0.25, -0.2) is 0 Å². The van der Waals surface area contributed by atoms with Gasteiger partial charge in [0.25, 0.3) is 5.91 Å². The van der Waals surface area contributed by atoms with Crippen molar-refractivity contribution in [3.05, 3.63) is 47.6 Å². The van der Waals surface area contributed by atoms with Crippen LogP contribution in [0.25, 0.3) is 10.7 Å². The molecule has 2 amide bonds. The average Bonchev–Trinajstić information content (AvgIpc) is 3.50. The molecule has 3 aromatic rings. The number of hydrogen-bond acceptors (Lipinski definition) is 8. The fourth-order valence-electron chi connectivity index (χ4n) is 3.11. The first-order chi connectivity index (χ1) is 14.2. The number of thiophene rings is 1. The smallest absolute Gasteiger partial charge is 0.286 e. The molecule has 4 rings (SSSR count). The van der Waals surface area contributed by atoms with Crippen molar-refractivity contribution in [3.63, 3.8) is 0 Å². The summed E-state index contributed by atoms with van der Waals surface area (Å²) in [5, 5.41) is 8.69. The van der Waals surface area contributed by atoms with Gasteiger partial charge in [-0.3, -0.25) is 14.5 Å². The number of nitrogens with one attached hydrogen (secondary N) is 1. The highest BCUT2D eigenvalue weighted by Crippen LogP contribution is 2.21. The first-order valence-corrected chi connectivity index (χ1v) is 10.3. The largest absolute Gasteiger partial charge is 0.459 e. The first-order valence-electron chi connectivity index (χ1n) is 9.37. The van der Waals surface area contributed by atoms with E-state index in [-0.39, 0.29) is 30.5 Å². The lowest BCUT2D eigenvalue weighted by Crippen LogP contribution is -2.48. The van der Waals surface area contributed by atoms with Crippen molar-refractivity contribution in [1.29, 1.82) is 0 Å². The number of piperazine rings is 1. The molecule has 152 valence electrons. The number of carbonyl (C=O) groups is 2. The van der Waals surface area contributed by atoms with Crippen molar-refractivity contribution in [3.8, 4) is 10.7 Å². The molecule has 9 nitrogen and oxygen atoms in total. The van der Waals surface area contributed by atoms with Crippen LogP contribution >= 0.6 is 11.3 Å². The molecule has 1 fully saturated rings. The van der Waals surface area contributed by atoms with Crippen molar-refractivity contribution in [2.45, 2.75) is 13.0 Å². The third kappa shape index (κ3) is 4.90. The maximum Gasteiger partial charge on any atom is 0.286 e. The Balaban J connectivity index is 1.18. The summed E-state index contributed by atoms with van der Waals surface area (Å²) in [4.78, 5) is 33.6. The van der Waals surface area contributed by atoms with Gasteiger partial charge >= 0.3 is 0 Å². The molecule has 0 radical (unpaired) electrons. The van der Waals surface area contributed by atoms with E-state index < -0.39 is 0 Å². The summed E-state index contributed by atoms with van der Waals surface area (Å²) in [5.74, 6) is 1.15. The average molecular weight is 415 g/mol. The first kappa shape index (κ1) is 19.3. The van der Waals surface area contributed by atoms with Gasteiger partial charge in [-0.1, -0.05) is 11.2 Å². The van der Waals surface area contributed by atoms with Crippen LogP contribution in [0.5, 0.6) is 0 Å². The Morgan fingerprint density at radius 3 is 2.76 bits per heavy atom. The van der Waals surface area contributed by atoms with Gasteiger partial charge in [0.05, 0.1) is 17.7 Å². The van der Waals surface area contributed by atoms with Gasteiger partial charge in [0.15, 0.2) is 5.76 Å². The number of rotatable bonds is 7. The molecular formula is C19H21N5O4S. The summed E-state index contributed by atoms with van der Waals surface area (Å²) in [5.41, 5.74) is 0. The number of hydrogen-bond donors (Lipinski definition) is 1. The monoisotopic (exact) mass is 415 g/mol. The zero-order valence-corrected chi connectivity index (χ0v) is 16.6. The van der Waals surface area contributed by atoms with Crippen LogP contribution in [0, 0.1) is 0 Å². The number of nitrogens with zero attached hydrogens (tertiary/aromatic N) is 4. The van der Waals surface area contributed by atoms with E-state index in [9.17, 15) is 9.59 Å². The highest BCUT2D eigenvalue weighted by molar-refractivity contribution is 7.13. The van der Waals surface area contributed by atoms with E-state index in [4.69, 9.17) is 8.94 Å². The zero-order valence-electron chi connectivity index (χ0n) is 15.7. The van der Waals surface area contributed by atoms with Crippen LogP contribution in [0.15, 0.2) is 44.8 Å². The highest BCUT2D eigenvalue weighted by atomic mass is 32.1. The van der Waals surface area contributed by atoms with Crippen molar-refractivity contribution in [2.24, 2.45) is 0 Å². The third-order valence-corrected chi connectivity index (χ3v) is 5.53. The lowest BCUT2D eigenvalue weighted by atomic mass is 10.2. The van der Waals surface area contributed by atoms with Gasteiger partial charge in [-0.05, 0) is 23.6 Å². The van der Waals surface area contributed by atoms with Crippen molar-refractivity contribution in [1.82, 2.24) is 25.3 Å². The molecule has 1 saturated heterocycles. The molecule has 1 aliphatic rings. The summed E-state index contributed by atoms with van der Waals surface area (Å²) in [6, 6.07) is 7.15. The number of carbonyl (C=O) groups excluding carboxylic acids is 2. The summed E-state index contributed by atoms with van der Waals surface area (Å²) in [6.45, 7) is 3.60. The van der Waals surface area contributed by atoms with E-state index in [1.807, 2.05) is 22.4 Å². The molecule has 10 heteroatoms. The molecule has 1 N–H and O–H groups in total. The normalized spacial score (nSPS) is 14.8. The second-order valence-corrected chi connectivity index (χ2v) is 7.58. The second kappa shape index (κ2) is 9.01. The van der Waals surface area contributed by atoms with Crippen LogP contribution in [0.4, 0.5) is 0 Å². The van der Waals surface area contributed by atoms with Crippen LogP contribution < -0.4 is 5.32 Å². The number of amides is 2. The van der Waals surface area contributed by atoms with E-state index in [0.29, 0.717) is 31.3 Å². The Hall–Kier alpha value is -2.98. The fraction of sp³-hybridized carbons (Fsp3) is 0.368. The van der Waals surface area contributed by atoms with Gasteiger partial charge in [0, 0.05) is 39.1 Å². The van der Waals surface area contributed by atoms with E-state index in [1.54, 1.807) is 23.5 Å². The zero-order chi connectivity index (χ0) is 20.1. The Morgan fingerprint density at radius 1 is 1.17 bits per heavy atom. The lowest BCUT2D eigenvalue weighted by Gasteiger charge is -2.34. The third-order valence-electron chi connectivity index (χ3n) is 4.66. The Kier molecular flexibility index (Phi) is 6.01. The van der Waals surface area contributed by atoms with Crippen molar-refractivity contribution in [2.75, 3.05) is 32.7 Å². The molecule has 0 atom stereocenters. The minimum Gasteiger partial charge on any atom is -0.459 e. The Labute approximate surface area is 171 Å². The molecular weight excluding hydrogens is 394 g/mol. The van der Waals surface area contributed by atoms with Crippen molar-refractivity contribution >= 4 is 23.2 Å². The molecule has 29 heavy (non-hydrogen) atoms. The van der Waals surface area contributed by atoms with E-state index in [2.05, 4.69) is 20.4 Å². The quantitative estimate of drug-likeness (QED) is 0.628. The van der Waals surface area contributed by atoms with E-state index >= 15 is 0 Å². The Morgan fingerprint density at radius 2 is 2.03 bits per heavy atom. The van der Waals surface area contributed by atoms with Gasteiger partial charge in [-0.2, -0.15) is 4.98 Å². The lowest BCUT2D eigenvalue weighted by molar-refractivity contribution is -0.132. The van der Waals surface area contributed by atoms with Gasteiger partial charge in [0.2, 0.25) is 17.6 Å². The van der Waals surface area contributed by atoms with Gasteiger partial charge in [0.1, 0.15) is 0 Å². The summed E-state index contributed by atoms with van der Waals surface area (Å²) in [6.07, 6.45) is 1.71. The molecule has 0 unspecified atom stereocenters. The second-order valence-electron chi connectivity index (χ2n) is 6.63. The minimum atomic E-state index is -0.311. The molecule has 0 bridgehead atoms. The number of aromatic nitrogens is 2. The molecule has 1 aliphatic heterocycles. The maximum absolute atomic E-state index is 12.4. The molecule has 3 aromatic heterocycles. The molecule has 0 spiro atoms. The predicted molar refractivity (Wildman–Crippen MR) is 105 cm³/mol. The highest BCUT2D eigenvalue weighted by Gasteiger charge is 2.22. The standard InChI is InChI=1S/C19H21N5O4S/c25-17(5-6-20-19(26)14-3-1-11-27-14)24-9-7-23(8-10-24)13-16-21-18(22-28-16)15-4-2-12-29-15/h1-4,11-12H,5-10,13H2,(H,20,26). The summed E-state index contributed by atoms with van der Waals surface area (Å²) in [7, 11) is 0. The summed E-state index contributed by atoms with van der Waals surface area (Å²) < 4.78 is 10.4. The van der Waals surface area contributed by atoms with Crippen LogP contribution in [0.1, 0.15) is 22.9 Å². The van der Waals surface area contributed by atoms with Crippen LogP contribution in [0.2, 0.25) is 0 Å². The SMILES string of the molecule is O=C(NCCC(=O)N1CCN(Cc2nc(-c3cccs3)no2)CC1)c1ccco1. The molecule has 0 aromatic carbocycles. The van der Waals surface area contributed by atoms with Gasteiger partial charge in [-0.15, -0.1) is 11.3 Å². The van der Waals surface area contributed by atoms with Crippen LogP contribution in [-0.2, 0) is 11.3 Å². The van der Waals surface area contributed by atoms with Crippen LogP contribution in [0.3, 0.4) is 0 Å². The fourth-order valence-corrected chi connectivity index (χ4v) is 3.76. The Bertz CT molecular complexity index is 930. The van der Waals surface area contributed by atoms with Gasteiger partial charge < -0.3 is 19.2 Å². The van der Waals surface area contributed by atoms with Crippen molar-refractivity contribution < 1.29 is 18.5 Å². The van der Waals surface area contributed by atoms with Crippen LogP contribution in [-0.4, -0.2) is 64.5 Å². The summed E-state index contributed by atoms with van der Waals surface area (Å²) >= 11 is 1.57.